The average molecular weight is 141 g/mol. The summed E-state index contributed by atoms with van der Waals surface area (Å²) in [7, 11) is 0. The molecule has 0 saturated carbocycles. The Kier molecular flexibility index (Phi) is 3.81. The van der Waals surface area contributed by atoms with Gasteiger partial charge in [0.1, 0.15) is 0 Å². The van der Waals surface area contributed by atoms with E-state index < -0.39 is 0 Å². The standard InChI is InChI=1S/C9H19N/c1-2-4-9-5-3-7-10-8-6-9/h9-10H,2-8H2,1H3. The van der Waals surface area contributed by atoms with Gasteiger partial charge in [0, 0.05) is 0 Å². The van der Waals surface area contributed by atoms with Crippen LogP contribution in [0.15, 0.2) is 0 Å². The lowest BCUT2D eigenvalue weighted by Crippen LogP contribution is -2.13. The van der Waals surface area contributed by atoms with Crippen molar-refractivity contribution in [1.82, 2.24) is 5.32 Å². The Morgan fingerprint density at radius 2 is 2.20 bits per heavy atom. The second kappa shape index (κ2) is 4.73. The van der Waals surface area contributed by atoms with Gasteiger partial charge in [-0.2, -0.15) is 0 Å². The van der Waals surface area contributed by atoms with E-state index in [1.54, 1.807) is 0 Å². The van der Waals surface area contributed by atoms with Crippen molar-refractivity contribution in [2.24, 2.45) is 5.92 Å². The molecule has 0 radical (unpaired) electrons. The lowest BCUT2D eigenvalue weighted by atomic mass is 9.96. The van der Waals surface area contributed by atoms with Crippen LogP contribution < -0.4 is 5.32 Å². The van der Waals surface area contributed by atoms with Gasteiger partial charge in [-0.15, -0.1) is 0 Å². The number of rotatable bonds is 2. The number of hydrogen-bond acceptors (Lipinski definition) is 1. The fraction of sp³-hybridized carbons (Fsp3) is 1.00. The fourth-order valence-electron chi connectivity index (χ4n) is 1.79. The molecule has 1 saturated heterocycles. The first kappa shape index (κ1) is 8.06. The van der Waals surface area contributed by atoms with Crippen LogP contribution in [0.4, 0.5) is 0 Å². The van der Waals surface area contributed by atoms with Crippen LogP contribution in [0.5, 0.6) is 0 Å². The summed E-state index contributed by atoms with van der Waals surface area (Å²) in [6.07, 6.45) is 7.08. The fourth-order valence-corrected chi connectivity index (χ4v) is 1.79. The molecule has 1 nitrogen and oxygen atoms in total. The van der Waals surface area contributed by atoms with Crippen molar-refractivity contribution in [1.29, 1.82) is 0 Å². The van der Waals surface area contributed by atoms with Gasteiger partial charge in [0.05, 0.1) is 0 Å². The Hall–Kier alpha value is -0.0400. The van der Waals surface area contributed by atoms with Crippen LogP contribution in [-0.2, 0) is 0 Å². The third kappa shape index (κ3) is 2.70. The SMILES string of the molecule is CCCC1CCCNCC1. The monoisotopic (exact) mass is 141 g/mol. The maximum absolute atomic E-state index is 3.44. The molecule has 1 heterocycles. The zero-order valence-electron chi connectivity index (χ0n) is 7.03. The van der Waals surface area contributed by atoms with Crippen molar-refractivity contribution in [2.75, 3.05) is 13.1 Å². The molecule has 0 aromatic carbocycles. The van der Waals surface area contributed by atoms with Crippen LogP contribution in [0.2, 0.25) is 0 Å². The van der Waals surface area contributed by atoms with Gasteiger partial charge in [-0.25, -0.2) is 0 Å². The first-order valence-electron chi connectivity index (χ1n) is 4.64. The van der Waals surface area contributed by atoms with E-state index in [4.69, 9.17) is 0 Å². The van der Waals surface area contributed by atoms with Crippen molar-refractivity contribution >= 4 is 0 Å². The van der Waals surface area contributed by atoms with Crippen molar-refractivity contribution < 1.29 is 0 Å². The summed E-state index contributed by atoms with van der Waals surface area (Å²) in [5.74, 6) is 1.03. The Morgan fingerprint density at radius 1 is 1.30 bits per heavy atom. The average Bonchev–Trinajstić information content (AvgIpc) is 2.17. The van der Waals surface area contributed by atoms with E-state index in [0.29, 0.717) is 0 Å². The van der Waals surface area contributed by atoms with Gasteiger partial charge in [0.2, 0.25) is 0 Å². The molecule has 1 aliphatic rings. The number of nitrogens with one attached hydrogen (secondary N) is 1. The molecule has 1 fully saturated rings. The Bertz CT molecular complexity index is 72.8. The zero-order valence-corrected chi connectivity index (χ0v) is 7.03. The van der Waals surface area contributed by atoms with Crippen molar-refractivity contribution in [3.8, 4) is 0 Å². The largest absolute Gasteiger partial charge is 0.317 e. The number of hydrogen-bond donors (Lipinski definition) is 1. The van der Waals surface area contributed by atoms with Crippen molar-refractivity contribution in [3.05, 3.63) is 0 Å². The molecule has 1 rings (SSSR count). The highest BCUT2D eigenvalue weighted by Gasteiger charge is 2.09. The molecule has 0 aliphatic carbocycles. The molecular formula is C9H19N. The van der Waals surface area contributed by atoms with E-state index in [-0.39, 0.29) is 0 Å². The summed E-state index contributed by atoms with van der Waals surface area (Å²) >= 11 is 0. The zero-order chi connectivity index (χ0) is 7.23. The topological polar surface area (TPSA) is 12.0 Å². The predicted molar refractivity (Wildman–Crippen MR) is 45.1 cm³/mol. The van der Waals surface area contributed by atoms with Crippen LogP contribution in [0, 0.1) is 5.92 Å². The molecule has 1 unspecified atom stereocenters. The lowest BCUT2D eigenvalue weighted by Gasteiger charge is -2.10. The molecule has 0 aromatic rings. The molecule has 0 aromatic heterocycles. The van der Waals surface area contributed by atoms with Gasteiger partial charge in [0.15, 0.2) is 0 Å². The van der Waals surface area contributed by atoms with Crippen LogP contribution in [-0.4, -0.2) is 13.1 Å². The van der Waals surface area contributed by atoms with Crippen LogP contribution in [0.1, 0.15) is 39.0 Å². The predicted octanol–water partition coefficient (Wildman–Crippen LogP) is 2.18. The van der Waals surface area contributed by atoms with E-state index in [0.717, 1.165) is 5.92 Å². The summed E-state index contributed by atoms with van der Waals surface area (Å²) in [5.41, 5.74) is 0. The van der Waals surface area contributed by atoms with E-state index >= 15 is 0 Å². The van der Waals surface area contributed by atoms with E-state index in [1.807, 2.05) is 0 Å². The lowest BCUT2D eigenvalue weighted by molar-refractivity contribution is 0.434. The highest BCUT2D eigenvalue weighted by atomic mass is 14.8. The second-order valence-electron chi connectivity index (χ2n) is 3.34. The van der Waals surface area contributed by atoms with Crippen molar-refractivity contribution in [3.63, 3.8) is 0 Å². The van der Waals surface area contributed by atoms with Gasteiger partial charge >= 0.3 is 0 Å². The molecule has 0 bridgehead atoms. The van der Waals surface area contributed by atoms with E-state index in [1.165, 1.54) is 45.2 Å². The summed E-state index contributed by atoms with van der Waals surface area (Å²) in [6.45, 7) is 4.79. The van der Waals surface area contributed by atoms with Crippen molar-refractivity contribution in [2.45, 2.75) is 39.0 Å². The molecular weight excluding hydrogens is 122 g/mol. The molecule has 10 heavy (non-hydrogen) atoms. The van der Waals surface area contributed by atoms with Gasteiger partial charge in [0.25, 0.3) is 0 Å². The Morgan fingerprint density at radius 3 is 3.00 bits per heavy atom. The molecule has 1 N–H and O–H groups in total. The third-order valence-electron chi connectivity index (χ3n) is 2.39. The second-order valence-corrected chi connectivity index (χ2v) is 3.34. The Balaban J connectivity index is 2.15. The molecule has 0 amide bonds. The molecule has 1 atom stereocenters. The van der Waals surface area contributed by atoms with Gasteiger partial charge in [-0.3, -0.25) is 0 Å². The van der Waals surface area contributed by atoms with Crippen LogP contribution in [0.3, 0.4) is 0 Å². The minimum absolute atomic E-state index is 1.03. The smallest absolute Gasteiger partial charge is 0.00463 e. The minimum Gasteiger partial charge on any atom is -0.317 e. The minimum atomic E-state index is 1.03. The van der Waals surface area contributed by atoms with Crippen LogP contribution in [0.25, 0.3) is 0 Å². The maximum Gasteiger partial charge on any atom is -0.00463 e. The van der Waals surface area contributed by atoms with E-state index in [2.05, 4.69) is 12.2 Å². The summed E-state index contributed by atoms with van der Waals surface area (Å²) in [5, 5.41) is 3.44. The third-order valence-corrected chi connectivity index (χ3v) is 2.39. The van der Waals surface area contributed by atoms with E-state index in [9.17, 15) is 0 Å². The maximum atomic E-state index is 3.44. The van der Waals surface area contributed by atoms with Crippen LogP contribution >= 0.6 is 0 Å². The van der Waals surface area contributed by atoms with Gasteiger partial charge in [-0.05, 0) is 38.3 Å². The summed E-state index contributed by atoms with van der Waals surface area (Å²) < 4.78 is 0. The quantitative estimate of drug-likeness (QED) is 0.621. The highest BCUT2D eigenvalue weighted by molar-refractivity contribution is 4.65. The summed E-state index contributed by atoms with van der Waals surface area (Å²) in [4.78, 5) is 0. The molecule has 1 aliphatic heterocycles. The normalized spacial score (nSPS) is 27.9. The Labute approximate surface area is 64.2 Å². The first-order chi connectivity index (χ1) is 4.93. The molecule has 0 spiro atoms. The molecule has 1 heteroatoms. The van der Waals surface area contributed by atoms with Gasteiger partial charge < -0.3 is 5.32 Å². The van der Waals surface area contributed by atoms with Gasteiger partial charge in [-0.1, -0.05) is 19.8 Å². The molecule has 60 valence electrons. The summed E-state index contributed by atoms with van der Waals surface area (Å²) in [6, 6.07) is 0. The highest BCUT2D eigenvalue weighted by Crippen LogP contribution is 2.18. The first-order valence-corrected chi connectivity index (χ1v) is 4.64.